The van der Waals surface area contributed by atoms with Crippen molar-refractivity contribution < 1.29 is 4.79 Å². The van der Waals surface area contributed by atoms with Gasteiger partial charge in [0.2, 0.25) is 5.91 Å². The zero-order valence-electron chi connectivity index (χ0n) is 12.1. The summed E-state index contributed by atoms with van der Waals surface area (Å²) in [6.45, 7) is 5.74. The molecule has 0 fully saturated rings. The van der Waals surface area contributed by atoms with E-state index >= 15 is 0 Å². The van der Waals surface area contributed by atoms with Crippen molar-refractivity contribution >= 4 is 59.0 Å². The van der Waals surface area contributed by atoms with Gasteiger partial charge in [-0.25, -0.2) is 4.99 Å². The molecule has 5 nitrogen and oxygen atoms in total. The molecule has 0 aliphatic heterocycles. The number of nitrogens with zero attached hydrogens (tertiary/aromatic N) is 1. The fraction of sp³-hybridized carbons (Fsp3) is 0.286. The molecule has 1 unspecified atom stereocenters. The molecule has 0 bridgehead atoms. The van der Waals surface area contributed by atoms with Crippen molar-refractivity contribution in [2.45, 2.75) is 13.0 Å². The number of carbonyl (C=O) groups excluding carboxylic acids is 1. The summed E-state index contributed by atoms with van der Waals surface area (Å²) in [7, 11) is 0. The first kappa shape index (κ1) is 21.0. The Bertz CT molecular complexity index is 552. The van der Waals surface area contributed by atoms with Crippen LogP contribution in [0.2, 0.25) is 10.0 Å². The van der Waals surface area contributed by atoms with Crippen LogP contribution in [0.25, 0.3) is 0 Å². The molecule has 122 valence electrons. The van der Waals surface area contributed by atoms with Crippen LogP contribution in [0.4, 0.5) is 0 Å². The summed E-state index contributed by atoms with van der Waals surface area (Å²) in [6, 6.07) is 5.06. The summed E-state index contributed by atoms with van der Waals surface area (Å²) < 4.78 is 0. The van der Waals surface area contributed by atoms with Gasteiger partial charge in [0.15, 0.2) is 5.96 Å². The standard InChI is InChI=1S/C14H18Cl2N4O.HI/c1-3-6-18-13(21)8-19-14(17)20-9(2)11-5-4-10(15)7-12(11)16;/h3-5,7,9H,1,6,8H2,2H3,(H,18,21)(H3,17,19,20);1H. The number of nitrogens with one attached hydrogen (secondary N) is 2. The summed E-state index contributed by atoms with van der Waals surface area (Å²) in [6.07, 6.45) is 1.59. The molecule has 0 aliphatic carbocycles. The Labute approximate surface area is 157 Å². The Hall–Kier alpha value is -0.990. The van der Waals surface area contributed by atoms with Crippen molar-refractivity contribution in [3.8, 4) is 0 Å². The average molecular weight is 457 g/mol. The van der Waals surface area contributed by atoms with Crippen LogP contribution in [0, 0.1) is 0 Å². The van der Waals surface area contributed by atoms with Gasteiger partial charge in [-0.1, -0.05) is 35.3 Å². The molecule has 1 atom stereocenters. The molecule has 1 aromatic carbocycles. The third kappa shape index (κ3) is 7.33. The molecule has 0 radical (unpaired) electrons. The maximum absolute atomic E-state index is 11.4. The highest BCUT2D eigenvalue weighted by Gasteiger charge is 2.10. The summed E-state index contributed by atoms with van der Waals surface area (Å²) in [5.41, 5.74) is 6.58. The van der Waals surface area contributed by atoms with Gasteiger partial charge in [-0.05, 0) is 24.6 Å². The lowest BCUT2D eigenvalue weighted by molar-refractivity contribution is -0.119. The largest absolute Gasteiger partial charge is 0.370 e. The number of aliphatic imine (C=N–C) groups is 1. The fourth-order valence-electron chi connectivity index (χ4n) is 1.60. The van der Waals surface area contributed by atoms with Gasteiger partial charge in [0.25, 0.3) is 0 Å². The molecular weight excluding hydrogens is 438 g/mol. The number of halogens is 3. The minimum absolute atomic E-state index is 0. The van der Waals surface area contributed by atoms with Crippen LogP contribution in [0.5, 0.6) is 0 Å². The summed E-state index contributed by atoms with van der Waals surface area (Å²) in [5, 5.41) is 6.68. The molecule has 1 aromatic rings. The monoisotopic (exact) mass is 456 g/mol. The minimum Gasteiger partial charge on any atom is -0.370 e. The molecule has 0 spiro atoms. The summed E-state index contributed by atoms with van der Waals surface area (Å²) >= 11 is 12.0. The van der Waals surface area contributed by atoms with Crippen molar-refractivity contribution in [2.24, 2.45) is 10.7 Å². The van der Waals surface area contributed by atoms with Crippen LogP contribution in [0.1, 0.15) is 18.5 Å². The molecular formula is C14H19Cl2IN4O. The molecule has 4 N–H and O–H groups in total. The molecule has 22 heavy (non-hydrogen) atoms. The first-order valence-electron chi connectivity index (χ1n) is 6.33. The molecule has 1 rings (SSSR count). The van der Waals surface area contributed by atoms with Crippen LogP contribution in [0.15, 0.2) is 35.8 Å². The second-order valence-corrected chi connectivity index (χ2v) is 5.17. The lowest BCUT2D eigenvalue weighted by Gasteiger charge is -2.16. The highest BCUT2D eigenvalue weighted by atomic mass is 127. The predicted octanol–water partition coefficient (Wildman–Crippen LogP) is 2.88. The van der Waals surface area contributed by atoms with Crippen LogP contribution >= 0.6 is 47.2 Å². The molecule has 0 aliphatic rings. The smallest absolute Gasteiger partial charge is 0.242 e. The Kier molecular flexibility index (Phi) is 10.2. The van der Waals surface area contributed by atoms with Gasteiger partial charge < -0.3 is 16.4 Å². The van der Waals surface area contributed by atoms with Gasteiger partial charge in [0.1, 0.15) is 6.54 Å². The van der Waals surface area contributed by atoms with E-state index in [0.717, 1.165) is 5.56 Å². The van der Waals surface area contributed by atoms with Gasteiger partial charge in [-0.15, -0.1) is 30.6 Å². The van der Waals surface area contributed by atoms with E-state index in [1.54, 1.807) is 18.2 Å². The third-order valence-electron chi connectivity index (χ3n) is 2.63. The number of amides is 1. The fourth-order valence-corrected chi connectivity index (χ4v) is 2.17. The number of nitrogens with two attached hydrogens (primary N) is 1. The topological polar surface area (TPSA) is 79.5 Å². The lowest BCUT2D eigenvalue weighted by atomic mass is 10.1. The van der Waals surface area contributed by atoms with E-state index in [9.17, 15) is 4.79 Å². The first-order valence-corrected chi connectivity index (χ1v) is 7.08. The normalized spacial score (nSPS) is 12.0. The van der Waals surface area contributed by atoms with Gasteiger partial charge in [0, 0.05) is 16.6 Å². The number of hydrogen-bond acceptors (Lipinski definition) is 2. The van der Waals surface area contributed by atoms with E-state index in [1.165, 1.54) is 0 Å². The molecule has 8 heteroatoms. The van der Waals surface area contributed by atoms with Crippen molar-refractivity contribution in [1.82, 2.24) is 10.6 Å². The SMILES string of the molecule is C=CCNC(=O)CN=C(N)NC(C)c1ccc(Cl)cc1Cl.I. The Balaban J connectivity index is 0.00000441. The number of hydrogen-bond donors (Lipinski definition) is 3. The molecule has 0 heterocycles. The second-order valence-electron chi connectivity index (χ2n) is 4.33. The average Bonchev–Trinajstić information content (AvgIpc) is 2.42. The van der Waals surface area contributed by atoms with Crippen molar-refractivity contribution in [2.75, 3.05) is 13.1 Å². The molecule has 0 saturated carbocycles. The van der Waals surface area contributed by atoms with E-state index in [1.807, 2.05) is 13.0 Å². The van der Waals surface area contributed by atoms with E-state index < -0.39 is 0 Å². The molecule has 1 amide bonds. The zero-order valence-corrected chi connectivity index (χ0v) is 15.9. The maximum atomic E-state index is 11.4. The van der Waals surface area contributed by atoms with E-state index in [-0.39, 0.29) is 48.4 Å². The first-order chi connectivity index (χ1) is 9.93. The van der Waals surface area contributed by atoms with Crippen LogP contribution in [-0.4, -0.2) is 25.0 Å². The predicted molar refractivity (Wildman–Crippen MR) is 103 cm³/mol. The summed E-state index contributed by atoms with van der Waals surface area (Å²) in [4.78, 5) is 15.3. The highest BCUT2D eigenvalue weighted by Crippen LogP contribution is 2.25. The number of rotatable bonds is 6. The van der Waals surface area contributed by atoms with Crippen molar-refractivity contribution in [3.05, 3.63) is 46.5 Å². The van der Waals surface area contributed by atoms with Gasteiger partial charge in [-0.2, -0.15) is 0 Å². The van der Waals surface area contributed by atoms with Gasteiger partial charge in [0.05, 0.1) is 6.04 Å². The maximum Gasteiger partial charge on any atom is 0.242 e. The lowest BCUT2D eigenvalue weighted by Crippen LogP contribution is -2.35. The van der Waals surface area contributed by atoms with Crippen LogP contribution in [0.3, 0.4) is 0 Å². The highest BCUT2D eigenvalue weighted by molar-refractivity contribution is 14.0. The molecule has 0 saturated heterocycles. The van der Waals surface area contributed by atoms with Gasteiger partial charge in [-0.3, -0.25) is 4.79 Å². The van der Waals surface area contributed by atoms with Crippen molar-refractivity contribution in [3.63, 3.8) is 0 Å². The minimum atomic E-state index is -0.225. The Morgan fingerprint density at radius 1 is 1.50 bits per heavy atom. The number of guanidine groups is 1. The van der Waals surface area contributed by atoms with Crippen LogP contribution < -0.4 is 16.4 Å². The van der Waals surface area contributed by atoms with Gasteiger partial charge >= 0.3 is 0 Å². The van der Waals surface area contributed by atoms with Crippen molar-refractivity contribution in [1.29, 1.82) is 0 Å². The number of benzene rings is 1. The Morgan fingerprint density at radius 3 is 2.77 bits per heavy atom. The second kappa shape index (κ2) is 10.7. The number of carbonyl (C=O) groups is 1. The summed E-state index contributed by atoms with van der Waals surface area (Å²) in [5.74, 6) is -0.0564. The Morgan fingerprint density at radius 2 is 2.18 bits per heavy atom. The van der Waals surface area contributed by atoms with E-state index in [2.05, 4.69) is 22.2 Å². The molecule has 0 aromatic heterocycles. The van der Waals surface area contributed by atoms with Crippen LogP contribution in [-0.2, 0) is 4.79 Å². The van der Waals surface area contributed by atoms with E-state index in [0.29, 0.717) is 16.6 Å². The zero-order chi connectivity index (χ0) is 15.8. The third-order valence-corrected chi connectivity index (χ3v) is 3.19. The quantitative estimate of drug-likeness (QED) is 0.266. The van der Waals surface area contributed by atoms with E-state index in [4.69, 9.17) is 28.9 Å².